The van der Waals surface area contributed by atoms with Gasteiger partial charge in [0.2, 0.25) is 0 Å². The van der Waals surface area contributed by atoms with Gasteiger partial charge in [0, 0.05) is 22.9 Å². The lowest BCUT2D eigenvalue weighted by Gasteiger charge is -2.43. The minimum atomic E-state index is -2.57. The molecular formula is C30H32Cl2F3N6O5P. The van der Waals surface area contributed by atoms with Gasteiger partial charge in [0.25, 0.3) is 0 Å². The first kappa shape index (κ1) is 35.2. The van der Waals surface area contributed by atoms with Crippen LogP contribution in [0.4, 0.5) is 13.2 Å². The summed E-state index contributed by atoms with van der Waals surface area (Å²) < 4.78 is 69.9. The van der Waals surface area contributed by atoms with E-state index >= 15 is 0 Å². The number of nitrogens with zero attached hydrogens (tertiary/aromatic N) is 6. The van der Waals surface area contributed by atoms with Gasteiger partial charge in [-0.05, 0) is 43.1 Å². The molecule has 0 amide bonds. The van der Waals surface area contributed by atoms with Crippen LogP contribution in [0.2, 0.25) is 10.0 Å². The van der Waals surface area contributed by atoms with E-state index in [0.29, 0.717) is 33.9 Å². The third-order valence-electron chi connectivity index (χ3n) is 7.92. The first-order valence-corrected chi connectivity index (χ1v) is 17.6. The van der Waals surface area contributed by atoms with Gasteiger partial charge in [-0.3, -0.25) is 0 Å². The predicted octanol–water partition coefficient (Wildman–Crippen LogP) is 5.89. The van der Waals surface area contributed by atoms with Crippen LogP contribution >= 0.6 is 30.3 Å². The molecule has 2 N–H and O–H groups in total. The fraction of sp³-hybridized carbons (Fsp3) is 0.400. The quantitative estimate of drug-likeness (QED) is 0.144. The van der Waals surface area contributed by atoms with Crippen LogP contribution in [0.1, 0.15) is 37.6 Å². The Morgan fingerprint density at radius 1 is 1.13 bits per heavy atom. The SMILES string of the molecule is CCP(=O)(/C=C/COC1C(c2nc(C)nn2-c2cc(Cl)ccc2Cl)OC(CO)C(O)C1n1cc(-c2cc(F)c(F)c(F)c2)nn1)CC. The molecule has 0 bridgehead atoms. The zero-order valence-electron chi connectivity index (χ0n) is 25.5. The summed E-state index contributed by atoms with van der Waals surface area (Å²) in [5, 5.41) is 35.0. The molecule has 3 heterocycles. The monoisotopic (exact) mass is 714 g/mol. The summed E-state index contributed by atoms with van der Waals surface area (Å²) in [7, 11) is -2.57. The molecule has 2 aromatic heterocycles. The number of ether oxygens (including phenoxy) is 2. The van der Waals surface area contributed by atoms with Crippen LogP contribution < -0.4 is 0 Å². The highest BCUT2D eigenvalue weighted by Gasteiger charge is 2.50. The van der Waals surface area contributed by atoms with Gasteiger partial charge in [-0.25, -0.2) is 27.5 Å². The number of rotatable bonds is 11. The maximum atomic E-state index is 14.1. The van der Waals surface area contributed by atoms with Crippen molar-refractivity contribution in [2.45, 2.75) is 51.2 Å². The second-order valence-electron chi connectivity index (χ2n) is 10.9. The normalized spacial score (nSPS) is 22.0. The van der Waals surface area contributed by atoms with Crippen molar-refractivity contribution in [3.63, 3.8) is 0 Å². The van der Waals surface area contributed by atoms with Crippen molar-refractivity contribution in [2.75, 3.05) is 25.5 Å². The smallest absolute Gasteiger partial charge is 0.194 e. The highest BCUT2D eigenvalue weighted by Crippen LogP contribution is 2.46. The van der Waals surface area contributed by atoms with Crippen LogP contribution in [-0.4, -0.2) is 83.8 Å². The summed E-state index contributed by atoms with van der Waals surface area (Å²) in [5.74, 6) is -2.33. The number of aromatic nitrogens is 6. The molecule has 17 heteroatoms. The summed E-state index contributed by atoms with van der Waals surface area (Å²) >= 11 is 12.8. The third-order valence-corrected chi connectivity index (χ3v) is 11.4. The van der Waals surface area contributed by atoms with Gasteiger partial charge in [-0.2, -0.15) is 5.10 Å². The van der Waals surface area contributed by atoms with E-state index in [4.69, 9.17) is 32.7 Å². The molecule has 47 heavy (non-hydrogen) atoms. The lowest BCUT2D eigenvalue weighted by molar-refractivity contribution is -0.221. The molecular weight excluding hydrogens is 683 g/mol. The van der Waals surface area contributed by atoms with Crippen molar-refractivity contribution >= 4 is 30.3 Å². The first-order valence-electron chi connectivity index (χ1n) is 14.7. The number of aryl methyl sites for hydroxylation is 1. The Balaban J connectivity index is 1.62. The van der Waals surface area contributed by atoms with E-state index in [2.05, 4.69) is 20.4 Å². The Kier molecular flexibility index (Phi) is 10.9. The minimum Gasteiger partial charge on any atom is -0.394 e. The van der Waals surface area contributed by atoms with E-state index in [1.54, 1.807) is 37.0 Å². The molecule has 252 valence electrons. The third kappa shape index (κ3) is 7.34. The topological polar surface area (TPSA) is 137 Å². The van der Waals surface area contributed by atoms with E-state index in [1.165, 1.54) is 15.6 Å². The van der Waals surface area contributed by atoms with Crippen molar-refractivity contribution in [3.05, 3.63) is 87.6 Å². The van der Waals surface area contributed by atoms with Gasteiger partial charge in [0.1, 0.15) is 49.1 Å². The zero-order valence-corrected chi connectivity index (χ0v) is 27.9. The molecule has 5 atom stereocenters. The summed E-state index contributed by atoms with van der Waals surface area (Å²) in [6.07, 6.45) is -1.07. The minimum absolute atomic E-state index is 0.0335. The molecule has 11 nitrogen and oxygen atoms in total. The molecule has 0 spiro atoms. The molecule has 5 unspecified atom stereocenters. The van der Waals surface area contributed by atoms with E-state index in [1.807, 2.05) is 13.8 Å². The van der Waals surface area contributed by atoms with Crippen LogP contribution in [0.15, 0.2) is 48.4 Å². The maximum Gasteiger partial charge on any atom is 0.194 e. The highest BCUT2D eigenvalue weighted by molar-refractivity contribution is 7.66. The van der Waals surface area contributed by atoms with Gasteiger partial charge < -0.3 is 24.3 Å². The van der Waals surface area contributed by atoms with Crippen LogP contribution in [0, 0.1) is 24.4 Å². The molecule has 1 saturated heterocycles. The highest BCUT2D eigenvalue weighted by atomic mass is 35.5. The van der Waals surface area contributed by atoms with Crippen LogP contribution in [-0.2, 0) is 14.0 Å². The maximum absolute atomic E-state index is 14.1. The van der Waals surface area contributed by atoms with Crippen LogP contribution in [0.5, 0.6) is 0 Å². The summed E-state index contributed by atoms with van der Waals surface area (Å²) in [4.78, 5) is 4.58. The lowest BCUT2D eigenvalue weighted by Crippen LogP contribution is -2.54. The molecule has 4 aromatic rings. The van der Waals surface area contributed by atoms with Gasteiger partial charge in [-0.15, -0.1) is 5.10 Å². The van der Waals surface area contributed by atoms with Crippen molar-refractivity contribution in [1.82, 2.24) is 29.8 Å². The second kappa shape index (κ2) is 14.6. The second-order valence-corrected chi connectivity index (χ2v) is 15.2. The Bertz CT molecular complexity index is 1790. The standard InChI is InChI=1S/C30H32Cl2F3N6O5P/c1-4-47(44,5-2)10-6-9-45-28-26(40-14-22(37-39-40)17-11-20(33)25(35)21(34)12-17)27(43)24(15-42)46-29(28)30-36-16(3)38-41(30)23-13-18(31)7-8-19(23)32/h6-8,10-14,24,26-29,42-43H,4-5,9,15H2,1-3H3/b10-6+. The fourth-order valence-electron chi connectivity index (χ4n) is 5.33. The summed E-state index contributed by atoms with van der Waals surface area (Å²) in [5.41, 5.74) is 0.231. The summed E-state index contributed by atoms with van der Waals surface area (Å²) in [6, 6.07) is 5.17. The van der Waals surface area contributed by atoms with E-state index in [0.717, 1.165) is 12.1 Å². The first-order chi connectivity index (χ1) is 22.4. The number of benzene rings is 2. The van der Waals surface area contributed by atoms with Gasteiger partial charge in [0.15, 0.2) is 23.3 Å². The number of halogens is 5. The largest absolute Gasteiger partial charge is 0.394 e. The van der Waals surface area contributed by atoms with Crippen molar-refractivity contribution in [2.24, 2.45) is 0 Å². The Morgan fingerprint density at radius 3 is 2.49 bits per heavy atom. The molecule has 2 aromatic carbocycles. The number of hydrogen-bond donors (Lipinski definition) is 2. The van der Waals surface area contributed by atoms with Crippen molar-refractivity contribution < 1.29 is 37.4 Å². The summed E-state index contributed by atoms with van der Waals surface area (Å²) in [6.45, 7) is 4.60. The average Bonchev–Trinajstić information content (AvgIpc) is 3.70. The lowest BCUT2D eigenvalue weighted by atomic mass is 9.91. The Morgan fingerprint density at radius 2 is 1.83 bits per heavy atom. The molecule has 1 fully saturated rings. The molecule has 0 radical (unpaired) electrons. The number of aliphatic hydroxyl groups is 2. The van der Waals surface area contributed by atoms with E-state index in [-0.39, 0.29) is 23.7 Å². The van der Waals surface area contributed by atoms with Crippen LogP contribution in [0.3, 0.4) is 0 Å². The number of aliphatic hydroxyl groups excluding tert-OH is 2. The van der Waals surface area contributed by atoms with Gasteiger partial charge >= 0.3 is 0 Å². The van der Waals surface area contributed by atoms with E-state index in [9.17, 15) is 27.9 Å². The van der Waals surface area contributed by atoms with Gasteiger partial charge in [-0.1, -0.05) is 48.3 Å². The molecule has 5 rings (SSSR count). The predicted molar refractivity (Wildman–Crippen MR) is 169 cm³/mol. The van der Waals surface area contributed by atoms with Crippen molar-refractivity contribution in [3.8, 4) is 16.9 Å². The van der Waals surface area contributed by atoms with E-state index < -0.39 is 61.7 Å². The Labute approximate surface area is 278 Å². The molecule has 1 aliphatic rings. The fourth-order valence-corrected chi connectivity index (χ4v) is 7.03. The molecule has 0 saturated carbocycles. The van der Waals surface area contributed by atoms with Crippen molar-refractivity contribution in [1.29, 1.82) is 0 Å². The van der Waals surface area contributed by atoms with Crippen LogP contribution in [0.25, 0.3) is 16.9 Å². The van der Waals surface area contributed by atoms with Gasteiger partial charge in [0.05, 0.1) is 30.1 Å². The molecule has 0 aliphatic carbocycles. The zero-order chi connectivity index (χ0) is 34.0. The number of hydrogen-bond acceptors (Lipinski definition) is 9. The Hall–Kier alpha value is -3.10. The molecule has 1 aliphatic heterocycles. The average molecular weight is 715 g/mol.